The molecule has 0 spiro atoms. The molecule has 0 aliphatic carbocycles. The molecule has 2 rings (SSSR count). The maximum atomic E-state index is 11.9. The lowest BCUT2D eigenvalue weighted by Crippen LogP contribution is -2.32. The maximum Gasteiger partial charge on any atom is 0.270 e. The fourth-order valence-corrected chi connectivity index (χ4v) is 2.92. The lowest BCUT2D eigenvalue weighted by atomic mass is 10.1. The second kappa shape index (κ2) is 4.06. The summed E-state index contributed by atoms with van der Waals surface area (Å²) in [6.07, 6.45) is 0.775. The Morgan fingerprint density at radius 3 is 2.80 bits per heavy atom. The minimum absolute atomic E-state index is 0.0163. The zero-order chi connectivity index (χ0) is 11.0. The predicted octanol–water partition coefficient (Wildman–Crippen LogP) is 2.52. The van der Waals surface area contributed by atoms with Crippen LogP contribution in [0.2, 0.25) is 0 Å². The van der Waals surface area contributed by atoms with Gasteiger partial charge in [0.2, 0.25) is 5.91 Å². The highest BCUT2D eigenvalue weighted by Crippen LogP contribution is 2.26. The Hall–Kier alpha value is -0.680. The first-order chi connectivity index (χ1) is 7.09. The molecule has 1 aliphatic heterocycles. The van der Waals surface area contributed by atoms with Crippen molar-refractivity contribution in [2.75, 3.05) is 6.54 Å². The van der Waals surface area contributed by atoms with Crippen LogP contribution in [0.5, 0.6) is 0 Å². The minimum Gasteiger partial charge on any atom is -0.278 e. The van der Waals surface area contributed by atoms with Gasteiger partial charge in [0.25, 0.3) is 5.91 Å². The van der Waals surface area contributed by atoms with Crippen LogP contribution in [0.25, 0.3) is 0 Å². The molecule has 1 atom stereocenters. The van der Waals surface area contributed by atoms with Gasteiger partial charge in [0.15, 0.2) is 0 Å². The van der Waals surface area contributed by atoms with Crippen LogP contribution in [0.15, 0.2) is 15.9 Å². The molecule has 2 amide bonds. The van der Waals surface area contributed by atoms with E-state index in [0.29, 0.717) is 11.4 Å². The number of thiophene rings is 1. The third kappa shape index (κ3) is 1.99. The lowest BCUT2D eigenvalue weighted by molar-refractivity contribution is -0.128. The summed E-state index contributed by atoms with van der Waals surface area (Å²) in [5.41, 5.74) is 0. The van der Waals surface area contributed by atoms with Gasteiger partial charge in [-0.05, 0) is 34.5 Å². The largest absolute Gasteiger partial charge is 0.278 e. The number of carbonyl (C=O) groups excluding carboxylic acids is 2. The molecule has 2 heterocycles. The predicted molar refractivity (Wildman–Crippen MR) is 61.8 cm³/mol. The monoisotopic (exact) mass is 287 g/mol. The molecular formula is C10H10BrNO2S. The van der Waals surface area contributed by atoms with Crippen LogP contribution in [0, 0.1) is 5.92 Å². The average molecular weight is 288 g/mol. The topological polar surface area (TPSA) is 37.4 Å². The molecule has 80 valence electrons. The molecule has 5 heteroatoms. The number of halogens is 1. The Labute approximate surface area is 100 Å². The van der Waals surface area contributed by atoms with Crippen molar-refractivity contribution in [3.63, 3.8) is 0 Å². The first-order valence-electron chi connectivity index (χ1n) is 4.70. The average Bonchev–Trinajstić information content (AvgIpc) is 2.75. The molecule has 1 saturated heterocycles. The van der Waals surface area contributed by atoms with E-state index in [9.17, 15) is 9.59 Å². The third-order valence-electron chi connectivity index (χ3n) is 2.50. The first kappa shape index (κ1) is 10.8. The van der Waals surface area contributed by atoms with E-state index in [1.165, 1.54) is 16.2 Å². The Bertz CT molecular complexity index is 415. The van der Waals surface area contributed by atoms with Crippen molar-refractivity contribution < 1.29 is 9.59 Å². The highest BCUT2D eigenvalue weighted by Gasteiger charge is 2.33. The standard InChI is InChI=1S/C10H10BrNO2S/c1-6-4-5-12(9(6)13)10(14)7-2-3-8(11)15-7/h2-3,6H,4-5H2,1H3. The molecule has 1 fully saturated rings. The Balaban J connectivity index is 2.19. The van der Waals surface area contributed by atoms with Gasteiger partial charge in [0, 0.05) is 12.5 Å². The van der Waals surface area contributed by atoms with E-state index in [4.69, 9.17) is 0 Å². The van der Waals surface area contributed by atoms with E-state index in [-0.39, 0.29) is 17.7 Å². The summed E-state index contributed by atoms with van der Waals surface area (Å²) >= 11 is 4.66. The van der Waals surface area contributed by atoms with Crippen LogP contribution in [0.3, 0.4) is 0 Å². The summed E-state index contributed by atoms with van der Waals surface area (Å²) in [4.78, 5) is 25.5. The summed E-state index contributed by atoms with van der Waals surface area (Å²) in [6, 6.07) is 3.56. The number of nitrogens with zero attached hydrogens (tertiary/aromatic N) is 1. The zero-order valence-electron chi connectivity index (χ0n) is 8.20. The Morgan fingerprint density at radius 2 is 2.33 bits per heavy atom. The summed E-state index contributed by atoms with van der Waals surface area (Å²) in [7, 11) is 0. The number of rotatable bonds is 1. The number of imide groups is 1. The number of hydrogen-bond acceptors (Lipinski definition) is 3. The quantitative estimate of drug-likeness (QED) is 0.745. The van der Waals surface area contributed by atoms with Crippen molar-refractivity contribution in [2.45, 2.75) is 13.3 Å². The fraction of sp³-hybridized carbons (Fsp3) is 0.400. The lowest BCUT2D eigenvalue weighted by Gasteiger charge is -2.12. The SMILES string of the molecule is CC1CCN(C(=O)c2ccc(Br)s2)C1=O. The van der Waals surface area contributed by atoms with Gasteiger partial charge < -0.3 is 0 Å². The zero-order valence-corrected chi connectivity index (χ0v) is 10.6. The Kier molecular flexibility index (Phi) is 2.93. The minimum atomic E-state index is -0.167. The van der Waals surface area contributed by atoms with E-state index < -0.39 is 0 Å². The van der Waals surface area contributed by atoms with E-state index in [1.807, 2.05) is 13.0 Å². The van der Waals surface area contributed by atoms with Crippen LogP contribution in [-0.2, 0) is 4.79 Å². The summed E-state index contributed by atoms with van der Waals surface area (Å²) < 4.78 is 0.908. The summed E-state index contributed by atoms with van der Waals surface area (Å²) in [6.45, 7) is 2.41. The van der Waals surface area contributed by atoms with Crippen molar-refractivity contribution in [1.29, 1.82) is 0 Å². The van der Waals surface area contributed by atoms with Crippen molar-refractivity contribution in [2.24, 2.45) is 5.92 Å². The van der Waals surface area contributed by atoms with Gasteiger partial charge in [-0.15, -0.1) is 11.3 Å². The van der Waals surface area contributed by atoms with E-state index in [2.05, 4.69) is 15.9 Å². The van der Waals surface area contributed by atoms with Crippen molar-refractivity contribution in [1.82, 2.24) is 4.90 Å². The second-order valence-corrected chi connectivity index (χ2v) is 6.05. The highest BCUT2D eigenvalue weighted by molar-refractivity contribution is 9.11. The van der Waals surface area contributed by atoms with Crippen LogP contribution < -0.4 is 0 Å². The molecule has 1 aromatic heterocycles. The van der Waals surface area contributed by atoms with Crippen molar-refractivity contribution in [3.8, 4) is 0 Å². The van der Waals surface area contributed by atoms with Gasteiger partial charge in [-0.25, -0.2) is 0 Å². The van der Waals surface area contributed by atoms with Gasteiger partial charge in [0.05, 0.1) is 8.66 Å². The van der Waals surface area contributed by atoms with Crippen molar-refractivity contribution in [3.05, 3.63) is 20.8 Å². The number of hydrogen-bond donors (Lipinski definition) is 0. The molecule has 15 heavy (non-hydrogen) atoms. The van der Waals surface area contributed by atoms with E-state index in [1.54, 1.807) is 6.07 Å². The molecule has 0 aromatic carbocycles. The van der Waals surface area contributed by atoms with Gasteiger partial charge in [0.1, 0.15) is 0 Å². The normalized spacial score (nSPS) is 21.1. The van der Waals surface area contributed by atoms with E-state index in [0.717, 1.165) is 10.2 Å². The highest BCUT2D eigenvalue weighted by atomic mass is 79.9. The molecule has 1 aromatic rings. The number of carbonyl (C=O) groups is 2. The molecule has 3 nitrogen and oxygen atoms in total. The molecule has 0 N–H and O–H groups in total. The first-order valence-corrected chi connectivity index (χ1v) is 6.31. The van der Waals surface area contributed by atoms with E-state index >= 15 is 0 Å². The number of amides is 2. The second-order valence-electron chi connectivity index (χ2n) is 3.59. The van der Waals surface area contributed by atoms with Crippen LogP contribution in [0.4, 0.5) is 0 Å². The Morgan fingerprint density at radius 1 is 1.60 bits per heavy atom. The van der Waals surface area contributed by atoms with Gasteiger partial charge in [-0.1, -0.05) is 6.92 Å². The fourth-order valence-electron chi connectivity index (χ4n) is 1.59. The van der Waals surface area contributed by atoms with Crippen LogP contribution in [-0.4, -0.2) is 23.3 Å². The smallest absolute Gasteiger partial charge is 0.270 e. The van der Waals surface area contributed by atoms with Crippen LogP contribution >= 0.6 is 27.3 Å². The summed E-state index contributed by atoms with van der Waals surface area (Å²) in [5, 5.41) is 0. The molecule has 1 aliphatic rings. The molecular weight excluding hydrogens is 278 g/mol. The van der Waals surface area contributed by atoms with Crippen LogP contribution in [0.1, 0.15) is 23.0 Å². The molecule has 0 bridgehead atoms. The maximum absolute atomic E-state index is 11.9. The van der Waals surface area contributed by atoms with Gasteiger partial charge in [-0.3, -0.25) is 14.5 Å². The third-order valence-corrected chi connectivity index (χ3v) is 4.11. The molecule has 0 radical (unpaired) electrons. The van der Waals surface area contributed by atoms with Gasteiger partial charge >= 0.3 is 0 Å². The van der Waals surface area contributed by atoms with Crippen molar-refractivity contribution >= 4 is 39.1 Å². The molecule has 0 saturated carbocycles. The summed E-state index contributed by atoms with van der Waals surface area (Å²) in [5.74, 6) is -0.234. The number of likely N-dealkylation sites (tertiary alicyclic amines) is 1. The molecule has 1 unspecified atom stereocenters. The van der Waals surface area contributed by atoms with Gasteiger partial charge in [-0.2, -0.15) is 0 Å².